The largest absolute Gasteiger partial charge is 0.444 e. The van der Waals surface area contributed by atoms with E-state index >= 15 is 4.79 Å². The van der Waals surface area contributed by atoms with E-state index in [4.69, 9.17) is 9.47 Å². The lowest BCUT2D eigenvalue weighted by atomic mass is 9.87. The third-order valence-electron chi connectivity index (χ3n) is 8.40. The van der Waals surface area contributed by atoms with Crippen molar-refractivity contribution in [2.75, 3.05) is 11.4 Å². The van der Waals surface area contributed by atoms with Crippen LogP contribution in [0.1, 0.15) is 118 Å². The van der Waals surface area contributed by atoms with E-state index in [0.29, 0.717) is 11.3 Å². The van der Waals surface area contributed by atoms with E-state index < -0.39 is 29.4 Å². The lowest BCUT2D eigenvalue weighted by Gasteiger charge is -2.36. The summed E-state index contributed by atoms with van der Waals surface area (Å²) in [5.41, 5.74) is 0.911. The Labute approximate surface area is 275 Å². The zero-order chi connectivity index (χ0) is 33.9. The summed E-state index contributed by atoms with van der Waals surface area (Å²) in [7, 11) is 0. The SMILES string of the molecule is CC(C)(C)OC(=O)N1CC(OC(C)(C)C)CC1C(=O)N(c1ccc(C(C)(C)C)cc1)C(C(=O)NC1CCCCC1)c1cccnc1. The molecule has 0 spiro atoms. The third-order valence-corrected chi connectivity index (χ3v) is 8.40. The number of carbonyl (C=O) groups excluding carboxylic acids is 3. The Balaban J connectivity index is 1.82. The number of hydrogen-bond donors (Lipinski definition) is 1. The molecule has 2 fully saturated rings. The summed E-state index contributed by atoms with van der Waals surface area (Å²) in [6.45, 7) is 17.9. The fraction of sp³-hybridized carbons (Fsp3) is 0.622. The van der Waals surface area contributed by atoms with Crippen molar-refractivity contribution >= 4 is 23.6 Å². The molecule has 1 aliphatic carbocycles. The van der Waals surface area contributed by atoms with Crippen molar-refractivity contribution in [2.45, 2.75) is 142 Å². The molecule has 1 aliphatic heterocycles. The Morgan fingerprint density at radius 1 is 0.913 bits per heavy atom. The lowest BCUT2D eigenvalue weighted by molar-refractivity contribution is -0.129. The molecule has 3 unspecified atom stereocenters. The van der Waals surface area contributed by atoms with Gasteiger partial charge in [0.05, 0.1) is 18.2 Å². The van der Waals surface area contributed by atoms with E-state index in [1.165, 1.54) is 4.90 Å². The van der Waals surface area contributed by atoms with Gasteiger partial charge < -0.3 is 14.8 Å². The predicted molar refractivity (Wildman–Crippen MR) is 181 cm³/mol. The number of nitrogens with zero attached hydrogens (tertiary/aromatic N) is 3. The Morgan fingerprint density at radius 2 is 1.57 bits per heavy atom. The molecule has 1 saturated carbocycles. The molecule has 2 heterocycles. The van der Waals surface area contributed by atoms with E-state index in [1.807, 2.05) is 51.1 Å². The van der Waals surface area contributed by atoms with E-state index in [0.717, 1.165) is 37.7 Å². The highest BCUT2D eigenvalue weighted by Gasteiger charge is 2.47. The quantitative estimate of drug-likeness (QED) is 0.349. The van der Waals surface area contributed by atoms with Crippen molar-refractivity contribution in [3.63, 3.8) is 0 Å². The van der Waals surface area contributed by atoms with Crippen molar-refractivity contribution in [3.05, 3.63) is 59.9 Å². The first-order valence-corrected chi connectivity index (χ1v) is 16.7. The third kappa shape index (κ3) is 9.30. The Morgan fingerprint density at radius 3 is 2.11 bits per heavy atom. The number of hydrogen-bond acceptors (Lipinski definition) is 6. The van der Waals surface area contributed by atoms with Gasteiger partial charge >= 0.3 is 6.09 Å². The number of amides is 3. The molecule has 9 nitrogen and oxygen atoms in total. The van der Waals surface area contributed by atoms with Crippen LogP contribution in [0.2, 0.25) is 0 Å². The van der Waals surface area contributed by atoms with Gasteiger partial charge in [-0.25, -0.2) is 4.79 Å². The number of pyridine rings is 1. The van der Waals surface area contributed by atoms with Crippen LogP contribution in [0.3, 0.4) is 0 Å². The standard InChI is InChI=1S/C37H54N4O5/c1-35(2,3)26-17-19-28(20-18-26)41(31(25-14-13-21-38-23-25)32(42)39-27-15-11-10-12-16-27)33(43)30-22-29(45-36(4,5)6)24-40(30)34(44)46-37(7,8)9/h13-14,17-21,23,27,29-31H,10-12,15-16,22,24H2,1-9H3,(H,39,42). The van der Waals surface area contributed by atoms with Gasteiger partial charge in [0.15, 0.2) is 0 Å². The first-order valence-electron chi connectivity index (χ1n) is 16.7. The molecule has 4 rings (SSSR count). The number of likely N-dealkylation sites (tertiary alicyclic amines) is 1. The van der Waals surface area contributed by atoms with Gasteiger partial charge in [-0.1, -0.05) is 58.2 Å². The highest BCUT2D eigenvalue weighted by molar-refractivity contribution is 6.05. The monoisotopic (exact) mass is 634 g/mol. The average Bonchev–Trinajstić information content (AvgIpc) is 3.38. The molecule has 3 amide bonds. The maximum Gasteiger partial charge on any atom is 0.411 e. The van der Waals surface area contributed by atoms with E-state index in [-0.39, 0.29) is 42.3 Å². The van der Waals surface area contributed by atoms with Gasteiger partial charge in [-0.3, -0.25) is 24.4 Å². The fourth-order valence-electron chi connectivity index (χ4n) is 6.31. The highest BCUT2D eigenvalue weighted by Crippen LogP contribution is 2.35. The highest BCUT2D eigenvalue weighted by atomic mass is 16.6. The topological polar surface area (TPSA) is 101 Å². The van der Waals surface area contributed by atoms with Crippen molar-refractivity contribution in [3.8, 4) is 0 Å². The molecule has 1 aromatic heterocycles. The second-order valence-corrected chi connectivity index (χ2v) is 15.8. The molecule has 1 saturated heterocycles. The zero-order valence-electron chi connectivity index (χ0n) is 29.3. The predicted octanol–water partition coefficient (Wildman–Crippen LogP) is 7.10. The van der Waals surface area contributed by atoms with Crippen molar-refractivity contribution in [1.29, 1.82) is 0 Å². The molecule has 2 aromatic rings. The van der Waals surface area contributed by atoms with Gasteiger partial charge in [0, 0.05) is 36.1 Å². The number of rotatable bonds is 7. The number of nitrogens with one attached hydrogen (secondary N) is 1. The van der Waals surface area contributed by atoms with Crippen LogP contribution in [-0.2, 0) is 24.5 Å². The van der Waals surface area contributed by atoms with Crippen LogP contribution in [0.5, 0.6) is 0 Å². The van der Waals surface area contributed by atoms with Gasteiger partial charge in [-0.15, -0.1) is 0 Å². The summed E-state index contributed by atoms with van der Waals surface area (Å²) >= 11 is 0. The minimum atomic E-state index is -1.01. The number of aromatic nitrogens is 1. The van der Waals surface area contributed by atoms with Crippen LogP contribution in [-0.4, -0.2) is 63.7 Å². The molecule has 1 N–H and O–H groups in total. The zero-order valence-corrected chi connectivity index (χ0v) is 29.3. The van der Waals surface area contributed by atoms with Crippen LogP contribution in [0.15, 0.2) is 48.8 Å². The van der Waals surface area contributed by atoms with Gasteiger partial charge in [0.2, 0.25) is 5.91 Å². The van der Waals surface area contributed by atoms with Crippen molar-refractivity contribution in [1.82, 2.24) is 15.2 Å². The van der Waals surface area contributed by atoms with Gasteiger partial charge in [-0.2, -0.15) is 0 Å². The number of carbonyl (C=O) groups is 3. The number of ether oxygens (including phenoxy) is 2. The second kappa shape index (κ2) is 14.1. The van der Waals surface area contributed by atoms with Crippen LogP contribution in [0.4, 0.5) is 10.5 Å². The molecule has 2 aliphatic rings. The van der Waals surface area contributed by atoms with E-state index in [1.54, 1.807) is 44.1 Å². The van der Waals surface area contributed by atoms with Crippen LogP contribution in [0, 0.1) is 0 Å². The molecule has 252 valence electrons. The number of anilines is 1. The smallest absolute Gasteiger partial charge is 0.411 e. The minimum absolute atomic E-state index is 0.0370. The maximum absolute atomic E-state index is 15.1. The normalized spacial score (nSPS) is 20.2. The summed E-state index contributed by atoms with van der Waals surface area (Å²) in [6, 6.07) is 9.51. The Hall–Kier alpha value is -3.46. The Kier molecular flexibility index (Phi) is 10.9. The van der Waals surface area contributed by atoms with E-state index in [9.17, 15) is 9.59 Å². The lowest BCUT2D eigenvalue weighted by Crippen LogP contribution is -2.53. The minimum Gasteiger partial charge on any atom is -0.444 e. The molecule has 0 radical (unpaired) electrons. The molecule has 9 heteroatoms. The summed E-state index contributed by atoms with van der Waals surface area (Å²) < 4.78 is 12.1. The average molecular weight is 635 g/mol. The molecular formula is C37H54N4O5. The van der Waals surface area contributed by atoms with Gasteiger partial charge in [0.1, 0.15) is 17.7 Å². The Bertz CT molecular complexity index is 1340. The molecule has 0 bridgehead atoms. The maximum atomic E-state index is 15.1. The number of benzene rings is 1. The van der Waals surface area contributed by atoms with Crippen molar-refractivity contribution in [2.24, 2.45) is 0 Å². The summed E-state index contributed by atoms with van der Waals surface area (Å²) in [5.74, 6) is -0.639. The van der Waals surface area contributed by atoms with Crippen LogP contribution >= 0.6 is 0 Å². The van der Waals surface area contributed by atoms with Gasteiger partial charge in [0.25, 0.3) is 5.91 Å². The fourth-order valence-corrected chi connectivity index (χ4v) is 6.31. The first kappa shape index (κ1) is 35.4. The summed E-state index contributed by atoms with van der Waals surface area (Å²) in [5, 5.41) is 3.26. The second-order valence-electron chi connectivity index (χ2n) is 15.8. The molecular weight excluding hydrogens is 580 g/mol. The first-order chi connectivity index (χ1) is 21.4. The molecule has 3 atom stereocenters. The molecule has 46 heavy (non-hydrogen) atoms. The summed E-state index contributed by atoms with van der Waals surface area (Å²) in [4.78, 5) is 50.4. The van der Waals surface area contributed by atoms with Crippen LogP contribution < -0.4 is 10.2 Å². The summed E-state index contributed by atoms with van der Waals surface area (Å²) in [6.07, 6.45) is 7.67. The van der Waals surface area contributed by atoms with Crippen LogP contribution in [0.25, 0.3) is 0 Å². The molecule has 1 aromatic carbocycles. The van der Waals surface area contributed by atoms with Crippen molar-refractivity contribution < 1.29 is 23.9 Å². The van der Waals surface area contributed by atoms with E-state index in [2.05, 4.69) is 31.1 Å². The van der Waals surface area contributed by atoms with Gasteiger partial charge in [-0.05, 0) is 83.6 Å².